The van der Waals surface area contributed by atoms with Crippen LogP contribution in [0.3, 0.4) is 0 Å². The predicted octanol–water partition coefficient (Wildman–Crippen LogP) is 7.74. The highest BCUT2D eigenvalue weighted by molar-refractivity contribution is 7.46. The number of ether oxygens (including phenoxy) is 3. The first kappa shape index (κ1) is 42.0. The molecule has 0 aliphatic heterocycles. The predicted molar refractivity (Wildman–Crippen MR) is 171 cm³/mol. The van der Waals surface area contributed by atoms with Crippen molar-refractivity contribution >= 4 is 19.7 Å². The van der Waals surface area contributed by atoms with Gasteiger partial charge in [0.2, 0.25) is 5.91 Å². The minimum Gasteiger partial charge on any atom is -0.457 e. The Labute approximate surface area is 262 Å². The van der Waals surface area contributed by atoms with E-state index in [4.69, 9.17) is 24.0 Å². The van der Waals surface area contributed by atoms with Crippen molar-refractivity contribution in [3.05, 3.63) is 0 Å². The fraction of sp³-hybridized carbons (Fsp3) is 0.938. The number of hydrogen-bond donors (Lipinski definition) is 3. The lowest BCUT2D eigenvalue weighted by Gasteiger charge is -2.18. The van der Waals surface area contributed by atoms with Crippen molar-refractivity contribution in [3.8, 4) is 0 Å². The van der Waals surface area contributed by atoms with Gasteiger partial charge in [-0.2, -0.15) is 0 Å². The minimum absolute atomic E-state index is 0.0233. The number of unbranched alkanes of at least 4 members (excludes halogenated alkanes) is 19. The highest BCUT2D eigenvalue weighted by Crippen LogP contribution is 2.35. The molecule has 0 aromatic heterocycles. The maximum Gasteiger partial charge on any atom is 0.469 e. The molecule has 43 heavy (non-hydrogen) atoms. The number of carbonyl (C=O) groups is 2. The number of carbonyl (C=O) groups excluding carboxylic acids is 2. The Hall–Kier alpha value is -1.03. The Kier molecular flexibility index (Phi) is 30.2. The van der Waals surface area contributed by atoms with Gasteiger partial charge in [0.05, 0.1) is 13.2 Å². The van der Waals surface area contributed by atoms with E-state index in [0.29, 0.717) is 6.61 Å². The summed E-state index contributed by atoms with van der Waals surface area (Å²) in [5.41, 5.74) is 0. The van der Waals surface area contributed by atoms with E-state index < -0.39 is 26.5 Å². The maximum atomic E-state index is 12.2. The first-order valence-electron chi connectivity index (χ1n) is 17.0. The van der Waals surface area contributed by atoms with Crippen molar-refractivity contribution in [2.24, 2.45) is 0 Å². The van der Waals surface area contributed by atoms with Crippen LogP contribution in [0.5, 0.6) is 0 Å². The van der Waals surface area contributed by atoms with Crippen molar-refractivity contribution in [1.82, 2.24) is 5.32 Å². The highest BCUT2D eigenvalue weighted by Gasteiger charge is 2.21. The Balaban J connectivity index is 3.74. The van der Waals surface area contributed by atoms with Crippen LogP contribution >= 0.6 is 7.82 Å². The maximum absolute atomic E-state index is 12.2. The smallest absolute Gasteiger partial charge is 0.457 e. The normalized spacial score (nSPS) is 12.4. The molecular weight excluding hydrogens is 573 g/mol. The molecule has 1 amide bonds. The first-order chi connectivity index (χ1) is 20.7. The van der Waals surface area contributed by atoms with E-state index in [1.54, 1.807) is 6.92 Å². The molecule has 0 bridgehead atoms. The van der Waals surface area contributed by atoms with Gasteiger partial charge in [0, 0.05) is 26.5 Å². The molecule has 0 aromatic rings. The zero-order valence-corrected chi connectivity index (χ0v) is 28.3. The first-order valence-corrected chi connectivity index (χ1v) is 18.6. The van der Waals surface area contributed by atoms with E-state index in [9.17, 15) is 14.2 Å². The lowest BCUT2D eigenvalue weighted by molar-refractivity contribution is -0.158. The van der Waals surface area contributed by atoms with Gasteiger partial charge in [-0.05, 0) is 19.3 Å². The molecule has 0 aliphatic carbocycles. The summed E-state index contributed by atoms with van der Waals surface area (Å²) in [6.45, 7) is 4.66. The van der Waals surface area contributed by atoms with Gasteiger partial charge >= 0.3 is 13.8 Å². The van der Waals surface area contributed by atoms with Gasteiger partial charge in [0.25, 0.3) is 0 Å². The molecule has 0 spiro atoms. The standard InChI is InChI=1S/C32H64NO9P/c1-3-4-5-6-7-12-15-18-21-24-32(35)42-31(28-41-43(36,37)38)27-40-29-39-26-23-20-17-14-11-9-8-10-13-16-19-22-25-33-30(2)34/h31H,3-29H2,1-2H3,(H,33,34)(H2,36,37,38)/t31-/m0/s1. The van der Waals surface area contributed by atoms with Gasteiger partial charge in [-0.1, -0.05) is 122 Å². The van der Waals surface area contributed by atoms with Crippen molar-refractivity contribution < 1.29 is 42.7 Å². The fourth-order valence-corrected chi connectivity index (χ4v) is 5.14. The number of amides is 1. The third-order valence-electron chi connectivity index (χ3n) is 7.27. The molecule has 10 nitrogen and oxygen atoms in total. The van der Waals surface area contributed by atoms with Gasteiger partial charge in [-0.25, -0.2) is 4.57 Å². The second kappa shape index (κ2) is 31.0. The molecule has 256 valence electrons. The molecule has 0 saturated carbocycles. The Morgan fingerprint density at radius 1 is 0.674 bits per heavy atom. The number of rotatable bonds is 33. The van der Waals surface area contributed by atoms with E-state index in [0.717, 1.165) is 45.1 Å². The molecule has 11 heteroatoms. The summed E-state index contributed by atoms with van der Waals surface area (Å²) in [5, 5.41) is 2.83. The van der Waals surface area contributed by atoms with Crippen LogP contribution in [0.15, 0.2) is 0 Å². The van der Waals surface area contributed by atoms with Crippen LogP contribution in [0.1, 0.15) is 155 Å². The molecule has 0 aliphatic rings. The van der Waals surface area contributed by atoms with Gasteiger partial charge in [-0.15, -0.1) is 0 Å². The number of phosphoric ester groups is 1. The average Bonchev–Trinajstić information content (AvgIpc) is 2.95. The average molecular weight is 638 g/mol. The summed E-state index contributed by atoms with van der Waals surface area (Å²) in [6.07, 6.45) is 24.0. The second-order valence-corrected chi connectivity index (χ2v) is 12.8. The molecule has 0 heterocycles. The van der Waals surface area contributed by atoms with E-state index >= 15 is 0 Å². The van der Waals surface area contributed by atoms with E-state index in [2.05, 4.69) is 16.8 Å². The van der Waals surface area contributed by atoms with Gasteiger partial charge < -0.3 is 29.3 Å². The lowest BCUT2D eigenvalue weighted by atomic mass is 10.1. The SMILES string of the molecule is CCCCCCCCCCCC(=O)O[C@@H](COCOCCCCCCCCCCCCCCNC(C)=O)COP(=O)(O)O. The van der Waals surface area contributed by atoms with Crippen LogP contribution in [-0.4, -0.2) is 60.9 Å². The topological polar surface area (TPSA) is 141 Å². The Bertz CT molecular complexity index is 690. The number of nitrogens with one attached hydrogen (secondary N) is 1. The zero-order chi connectivity index (χ0) is 31.9. The minimum atomic E-state index is -4.68. The van der Waals surface area contributed by atoms with Crippen molar-refractivity contribution in [3.63, 3.8) is 0 Å². The quantitative estimate of drug-likeness (QED) is 0.0285. The van der Waals surface area contributed by atoms with Crippen molar-refractivity contribution in [2.75, 3.05) is 33.2 Å². The van der Waals surface area contributed by atoms with Crippen LogP contribution in [0.4, 0.5) is 0 Å². The van der Waals surface area contributed by atoms with E-state index in [-0.39, 0.29) is 25.7 Å². The molecule has 0 rings (SSSR count). The highest BCUT2D eigenvalue weighted by atomic mass is 31.2. The van der Waals surface area contributed by atoms with Crippen LogP contribution in [0, 0.1) is 0 Å². The summed E-state index contributed by atoms with van der Waals surface area (Å²) in [4.78, 5) is 41.0. The Morgan fingerprint density at radius 3 is 1.67 bits per heavy atom. The van der Waals surface area contributed by atoms with Crippen molar-refractivity contribution in [1.29, 1.82) is 0 Å². The van der Waals surface area contributed by atoms with E-state index in [1.807, 2.05) is 0 Å². The molecule has 0 unspecified atom stereocenters. The lowest BCUT2D eigenvalue weighted by Crippen LogP contribution is -2.28. The van der Waals surface area contributed by atoms with Gasteiger partial charge in [-0.3, -0.25) is 14.1 Å². The summed E-state index contributed by atoms with van der Waals surface area (Å²) >= 11 is 0. The second-order valence-electron chi connectivity index (χ2n) is 11.6. The largest absolute Gasteiger partial charge is 0.469 e. The van der Waals surface area contributed by atoms with Crippen LogP contribution in [-0.2, 0) is 32.9 Å². The van der Waals surface area contributed by atoms with Crippen LogP contribution < -0.4 is 5.32 Å². The third-order valence-corrected chi connectivity index (χ3v) is 7.76. The zero-order valence-electron chi connectivity index (χ0n) is 27.4. The summed E-state index contributed by atoms with van der Waals surface area (Å²) in [7, 11) is -4.68. The van der Waals surface area contributed by atoms with Crippen LogP contribution in [0.2, 0.25) is 0 Å². The van der Waals surface area contributed by atoms with Gasteiger partial charge in [0.1, 0.15) is 12.9 Å². The fourth-order valence-electron chi connectivity index (χ4n) is 4.78. The molecule has 3 N–H and O–H groups in total. The van der Waals surface area contributed by atoms with Gasteiger partial charge in [0.15, 0.2) is 0 Å². The summed E-state index contributed by atoms with van der Waals surface area (Å²) < 4.78 is 31.9. The molecule has 0 saturated heterocycles. The number of esters is 1. The molecule has 0 fully saturated rings. The summed E-state index contributed by atoms with van der Waals surface area (Å²) in [5.74, 6) is -0.362. The Morgan fingerprint density at radius 2 is 1.16 bits per heavy atom. The monoisotopic (exact) mass is 637 g/mol. The van der Waals surface area contributed by atoms with Crippen molar-refractivity contribution in [2.45, 2.75) is 161 Å². The number of phosphoric acid groups is 1. The third kappa shape index (κ3) is 35.3. The van der Waals surface area contributed by atoms with E-state index in [1.165, 1.54) is 96.3 Å². The molecule has 0 aromatic carbocycles. The summed E-state index contributed by atoms with van der Waals surface area (Å²) in [6, 6.07) is 0. The molecule has 0 radical (unpaired) electrons. The number of hydrogen-bond acceptors (Lipinski definition) is 7. The van der Waals surface area contributed by atoms with Crippen LogP contribution in [0.25, 0.3) is 0 Å². The molecule has 1 atom stereocenters. The molecular formula is C32H64NO9P.